The van der Waals surface area contributed by atoms with Crippen LogP contribution in [0.1, 0.15) is 23.5 Å². The molecule has 0 aliphatic carbocycles. The molecule has 1 atom stereocenters. The molecule has 0 heterocycles. The van der Waals surface area contributed by atoms with Crippen LogP contribution < -0.4 is 0 Å². The highest BCUT2D eigenvalue weighted by Crippen LogP contribution is 2.29. The molecule has 1 rings (SSSR count). The monoisotopic (exact) mass is 216 g/mol. The number of hydrogen-bond donors (Lipinski definition) is 0. The number of halogens is 3. The zero-order valence-corrected chi connectivity index (χ0v) is 8.21. The van der Waals surface area contributed by atoms with Gasteiger partial charge < -0.3 is 4.79 Å². The maximum atomic E-state index is 12.1. The normalized spacial score (nSPS) is 13.6. The summed E-state index contributed by atoms with van der Waals surface area (Å²) in [6.07, 6.45) is -5.06. The third-order valence-corrected chi connectivity index (χ3v) is 2.12. The maximum Gasteiger partial charge on any atom is 0.390 e. The fourth-order valence-corrected chi connectivity index (χ4v) is 1.31. The van der Waals surface area contributed by atoms with Gasteiger partial charge in [-0.05, 0) is 12.5 Å². The second-order valence-corrected chi connectivity index (χ2v) is 3.47. The molecule has 1 aromatic carbocycles. The highest BCUT2D eigenvalue weighted by atomic mass is 19.4. The molecule has 0 aliphatic heterocycles. The first-order valence-electron chi connectivity index (χ1n) is 4.51. The zero-order chi connectivity index (χ0) is 11.5. The van der Waals surface area contributed by atoms with E-state index in [9.17, 15) is 18.0 Å². The lowest BCUT2D eigenvalue weighted by Gasteiger charge is -2.13. The molecule has 0 spiro atoms. The standard InChI is InChI=1S/C11H11F3O/c1-8-2-4-9(5-3-8)10(7-15)6-11(12,13)14/h2-5,7,10H,6H2,1H3/t10-/m1/s1. The number of hydrogen-bond acceptors (Lipinski definition) is 1. The highest BCUT2D eigenvalue weighted by Gasteiger charge is 2.32. The number of carbonyl (C=O) groups is 1. The second kappa shape index (κ2) is 4.47. The molecule has 0 saturated heterocycles. The van der Waals surface area contributed by atoms with Gasteiger partial charge in [-0.3, -0.25) is 0 Å². The number of aryl methyl sites for hydroxylation is 1. The molecule has 15 heavy (non-hydrogen) atoms. The molecule has 0 bridgehead atoms. The van der Waals surface area contributed by atoms with Gasteiger partial charge >= 0.3 is 6.18 Å². The smallest absolute Gasteiger partial charge is 0.303 e. The van der Waals surface area contributed by atoms with Gasteiger partial charge in [-0.1, -0.05) is 29.8 Å². The van der Waals surface area contributed by atoms with E-state index in [1.807, 2.05) is 6.92 Å². The number of alkyl halides is 3. The second-order valence-electron chi connectivity index (χ2n) is 3.47. The molecule has 0 unspecified atom stereocenters. The number of benzene rings is 1. The van der Waals surface area contributed by atoms with Crippen LogP contribution in [-0.2, 0) is 4.79 Å². The highest BCUT2D eigenvalue weighted by molar-refractivity contribution is 5.62. The predicted molar refractivity (Wildman–Crippen MR) is 50.7 cm³/mol. The van der Waals surface area contributed by atoms with Crippen LogP contribution in [0.2, 0.25) is 0 Å². The number of carbonyl (C=O) groups excluding carboxylic acids is 1. The Labute approximate surface area is 85.9 Å². The zero-order valence-electron chi connectivity index (χ0n) is 8.21. The van der Waals surface area contributed by atoms with Gasteiger partial charge in [-0.15, -0.1) is 0 Å². The number of aldehydes is 1. The van der Waals surface area contributed by atoms with Crippen molar-refractivity contribution in [3.8, 4) is 0 Å². The SMILES string of the molecule is Cc1ccc([C@@H](C=O)CC(F)(F)F)cc1. The van der Waals surface area contributed by atoms with Crippen molar-refractivity contribution >= 4 is 6.29 Å². The summed E-state index contributed by atoms with van der Waals surface area (Å²) in [5.74, 6) is -1.09. The molecule has 0 N–H and O–H groups in total. The van der Waals surface area contributed by atoms with Crippen LogP contribution in [0.15, 0.2) is 24.3 Å². The third-order valence-electron chi connectivity index (χ3n) is 2.12. The first-order chi connectivity index (χ1) is 6.92. The Kier molecular flexibility index (Phi) is 3.50. The van der Waals surface area contributed by atoms with Gasteiger partial charge in [0.15, 0.2) is 0 Å². The van der Waals surface area contributed by atoms with Gasteiger partial charge in [-0.25, -0.2) is 0 Å². The van der Waals surface area contributed by atoms with Gasteiger partial charge in [0.1, 0.15) is 6.29 Å². The first-order valence-corrected chi connectivity index (χ1v) is 4.51. The minimum Gasteiger partial charge on any atom is -0.303 e. The Morgan fingerprint density at radius 2 is 1.80 bits per heavy atom. The average molecular weight is 216 g/mol. The van der Waals surface area contributed by atoms with E-state index in [-0.39, 0.29) is 0 Å². The van der Waals surface area contributed by atoms with Crippen LogP contribution in [0, 0.1) is 6.92 Å². The van der Waals surface area contributed by atoms with Gasteiger partial charge in [0, 0.05) is 5.92 Å². The first kappa shape index (κ1) is 11.8. The van der Waals surface area contributed by atoms with Gasteiger partial charge in [-0.2, -0.15) is 13.2 Å². The summed E-state index contributed by atoms with van der Waals surface area (Å²) in [7, 11) is 0. The lowest BCUT2D eigenvalue weighted by Crippen LogP contribution is -2.14. The molecule has 0 fully saturated rings. The molecule has 0 amide bonds. The van der Waals surface area contributed by atoms with E-state index in [1.165, 1.54) is 0 Å². The largest absolute Gasteiger partial charge is 0.390 e. The minimum atomic E-state index is -4.31. The van der Waals surface area contributed by atoms with E-state index in [2.05, 4.69) is 0 Å². The van der Waals surface area contributed by atoms with E-state index in [0.717, 1.165) is 5.56 Å². The predicted octanol–water partition coefficient (Wildman–Crippen LogP) is 3.23. The van der Waals surface area contributed by atoms with Gasteiger partial charge in [0.2, 0.25) is 0 Å². The fourth-order valence-electron chi connectivity index (χ4n) is 1.31. The topological polar surface area (TPSA) is 17.1 Å². The van der Waals surface area contributed by atoms with Crippen molar-refractivity contribution in [3.05, 3.63) is 35.4 Å². The van der Waals surface area contributed by atoms with Gasteiger partial charge in [0.25, 0.3) is 0 Å². The molecule has 1 aromatic rings. The summed E-state index contributed by atoms with van der Waals surface area (Å²) in [5, 5.41) is 0. The Hall–Kier alpha value is -1.32. The summed E-state index contributed by atoms with van der Waals surface area (Å²) in [5.41, 5.74) is 1.36. The molecule has 1 nitrogen and oxygen atoms in total. The van der Waals surface area contributed by atoms with E-state index in [0.29, 0.717) is 11.8 Å². The lowest BCUT2D eigenvalue weighted by molar-refractivity contribution is -0.143. The third kappa shape index (κ3) is 3.73. The average Bonchev–Trinajstić information content (AvgIpc) is 2.14. The van der Waals surface area contributed by atoms with Crippen LogP contribution in [-0.4, -0.2) is 12.5 Å². The molecule has 4 heteroatoms. The Morgan fingerprint density at radius 1 is 1.27 bits per heavy atom. The van der Waals surface area contributed by atoms with Crippen LogP contribution in [0.25, 0.3) is 0 Å². The Balaban J connectivity index is 2.83. The lowest BCUT2D eigenvalue weighted by atomic mass is 9.96. The summed E-state index contributed by atoms with van der Waals surface area (Å²) < 4.78 is 36.3. The van der Waals surface area contributed by atoms with Crippen molar-refractivity contribution < 1.29 is 18.0 Å². The quantitative estimate of drug-likeness (QED) is 0.709. The minimum absolute atomic E-state index is 0.345. The van der Waals surface area contributed by atoms with Crippen LogP contribution in [0.3, 0.4) is 0 Å². The van der Waals surface area contributed by atoms with Gasteiger partial charge in [0.05, 0.1) is 6.42 Å². The van der Waals surface area contributed by atoms with E-state index in [4.69, 9.17) is 0 Å². The Bertz CT molecular complexity index is 327. The van der Waals surface area contributed by atoms with Crippen molar-refractivity contribution in [1.82, 2.24) is 0 Å². The van der Waals surface area contributed by atoms with E-state index < -0.39 is 18.5 Å². The molecular weight excluding hydrogens is 205 g/mol. The van der Waals surface area contributed by atoms with E-state index in [1.54, 1.807) is 24.3 Å². The van der Waals surface area contributed by atoms with Crippen molar-refractivity contribution in [3.63, 3.8) is 0 Å². The molecule has 82 valence electrons. The molecule has 0 aromatic heterocycles. The summed E-state index contributed by atoms with van der Waals surface area (Å²) in [4.78, 5) is 10.6. The van der Waals surface area contributed by atoms with Crippen molar-refractivity contribution in [2.45, 2.75) is 25.4 Å². The molecule has 0 radical (unpaired) electrons. The molecular formula is C11H11F3O. The van der Waals surface area contributed by atoms with Crippen LogP contribution >= 0.6 is 0 Å². The number of rotatable bonds is 3. The summed E-state index contributed by atoms with van der Waals surface area (Å²) >= 11 is 0. The van der Waals surface area contributed by atoms with E-state index >= 15 is 0 Å². The van der Waals surface area contributed by atoms with Crippen molar-refractivity contribution in [2.75, 3.05) is 0 Å². The summed E-state index contributed by atoms with van der Waals surface area (Å²) in [6, 6.07) is 6.50. The molecule has 0 saturated carbocycles. The Morgan fingerprint density at radius 3 is 2.20 bits per heavy atom. The fraction of sp³-hybridized carbons (Fsp3) is 0.364. The van der Waals surface area contributed by atoms with Crippen LogP contribution in [0.5, 0.6) is 0 Å². The van der Waals surface area contributed by atoms with Crippen molar-refractivity contribution in [2.24, 2.45) is 0 Å². The molecule has 0 aliphatic rings. The van der Waals surface area contributed by atoms with Crippen LogP contribution in [0.4, 0.5) is 13.2 Å². The van der Waals surface area contributed by atoms with Crippen molar-refractivity contribution in [1.29, 1.82) is 0 Å². The summed E-state index contributed by atoms with van der Waals surface area (Å²) in [6.45, 7) is 1.84. The maximum absolute atomic E-state index is 12.1.